The summed E-state index contributed by atoms with van der Waals surface area (Å²) in [5.74, 6) is 1.57. The van der Waals surface area contributed by atoms with Crippen LogP contribution in [0.15, 0.2) is 12.7 Å². The third-order valence-electron chi connectivity index (χ3n) is 2.92. The SMILES string of the molecule is C=CCC(=O)C1CCC(CC)C1. The van der Waals surface area contributed by atoms with Crippen molar-refractivity contribution in [2.75, 3.05) is 0 Å². The maximum absolute atomic E-state index is 11.4. The van der Waals surface area contributed by atoms with E-state index in [1.54, 1.807) is 6.08 Å². The van der Waals surface area contributed by atoms with Gasteiger partial charge in [0.1, 0.15) is 5.78 Å². The van der Waals surface area contributed by atoms with E-state index in [4.69, 9.17) is 0 Å². The van der Waals surface area contributed by atoms with Crippen LogP contribution >= 0.6 is 0 Å². The standard InChI is InChI=1S/C11H18O/c1-3-5-11(12)10-7-6-9(4-2)8-10/h3,9-10H,1,4-8H2,2H3. The monoisotopic (exact) mass is 166 g/mol. The fraction of sp³-hybridized carbons (Fsp3) is 0.727. The van der Waals surface area contributed by atoms with Gasteiger partial charge in [0.05, 0.1) is 0 Å². The molecule has 0 aliphatic heterocycles. The highest BCUT2D eigenvalue weighted by molar-refractivity contribution is 5.82. The Morgan fingerprint density at radius 1 is 1.58 bits per heavy atom. The number of allylic oxidation sites excluding steroid dienone is 1. The Kier molecular flexibility index (Phi) is 3.51. The molecule has 1 aliphatic rings. The molecule has 1 aliphatic carbocycles. The minimum atomic E-state index is 0.355. The van der Waals surface area contributed by atoms with Crippen molar-refractivity contribution in [1.29, 1.82) is 0 Å². The van der Waals surface area contributed by atoms with Crippen molar-refractivity contribution in [3.05, 3.63) is 12.7 Å². The predicted octanol–water partition coefficient (Wildman–Crippen LogP) is 2.96. The molecule has 0 saturated heterocycles. The molecule has 2 unspecified atom stereocenters. The van der Waals surface area contributed by atoms with Gasteiger partial charge in [-0.3, -0.25) is 4.79 Å². The lowest BCUT2D eigenvalue weighted by Crippen LogP contribution is -2.09. The van der Waals surface area contributed by atoms with Gasteiger partial charge < -0.3 is 0 Å². The first-order chi connectivity index (χ1) is 5.77. The van der Waals surface area contributed by atoms with E-state index in [0.29, 0.717) is 18.1 Å². The van der Waals surface area contributed by atoms with Crippen LogP contribution in [-0.4, -0.2) is 5.78 Å². The Labute approximate surface area is 74.9 Å². The van der Waals surface area contributed by atoms with Crippen molar-refractivity contribution < 1.29 is 4.79 Å². The Hall–Kier alpha value is -0.590. The van der Waals surface area contributed by atoms with E-state index in [0.717, 1.165) is 18.8 Å². The number of hydrogen-bond acceptors (Lipinski definition) is 1. The molecular weight excluding hydrogens is 148 g/mol. The van der Waals surface area contributed by atoms with Crippen molar-refractivity contribution in [3.8, 4) is 0 Å². The van der Waals surface area contributed by atoms with Crippen LogP contribution in [0, 0.1) is 11.8 Å². The fourth-order valence-corrected chi connectivity index (χ4v) is 2.05. The van der Waals surface area contributed by atoms with E-state index in [1.807, 2.05) is 0 Å². The molecule has 0 N–H and O–H groups in total. The molecular formula is C11H18O. The maximum atomic E-state index is 11.4. The van der Waals surface area contributed by atoms with E-state index in [1.165, 1.54) is 12.8 Å². The highest BCUT2D eigenvalue weighted by Gasteiger charge is 2.27. The predicted molar refractivity (Wildman–Crippen MR) is 50.9 cm³/mol. The van der Waals surface area contributed by atoms with Gasteiger partial charge in [-0.15, -0.1) is 6.58 Å². The maximum Gasteiger partial charge on any atom is 0.139 e. The number of rotatable bonds is 4. The largest absolute Gasteiger partial charge is 0.299 e. The van der Waals surface area contributed by atoms with Crippen LogP contribution in [0.1, 0.15) is 39.0 Å². The zero-order valence-corrected chi connectivity index (χ0v) is 7.88. The van der Waals surface area contributed by atoms with Gasteiger partial charge in [-0.2, -0.15) is 0 Å². The van der Waals surface area contributed by atoms with E-state index < -0.39 is 0 Å². The summed E-state index contributed by atoms with van der Waals surface area (Å²) in [5.41, 5.74) is 0. The lowest BCUT2D eigenvalue weighted by molar-refractivity contribution is -0.121. The zero-order chi connectivity index (χ0) is 8.97. The second-order valence-electron chi connectivity index (χ2n) is 3.74. The van der Waals surface area contributed by atoms with E-state index in [9.17, 15) is 4.79 Å². The molecule has 1 fully saturated rings. The van der Waals surface area contributed by atoms with E-state index in [2.05, 4.69) is 13.5 Å². The minimum Gasteiger partial charge on any atom is -0.299 e. The normalized spacial score (nSPS) is 28.8. The Morgan fingerprint density at radius 2 is 2.33 bits per heavy atom. The summed E-state index contributed by atoms with van der Waals surface area (Å²) in [6, 6.07) is 0. The molecule has 0 bridgehead atoms. The number of carbonyl (C=O) groups excluding carboxylic acids is 1. The van der Waals surface area contributed by atoms with Crippen LogP contribution < -0.4 is 0 Å². The summed E-state index contributed by atoms with van der Waals surface area (Å²) in [6.45, 7) is 5.80. The van der Waals surface area contributed by atoms with Crippen LogP contribution in [0.3, 0.4) is 0 Å². The van der Waals surface area contributed by atoms with Gasteiger partial charge in [-0.05, 0) is 25.2 Å². The van der Waals surface area contributed by atoms with Gasteiger partial charge in [-0.1, -0.05) is 19.4 Å². The number of carbonyl (C=O) groups is 1. The fourth-order valence-electron chi connectivity index (χ4n) is 2.05. The molecule has 12 heavy (non-hydrogen) atoms. The van der Waals surface area contributed by atoms with Crippen LogP contribution in [0.25, 0.3) is 0 Å². The molecule has 1 rings (SSSR count). The van der Waals surface area contributed by atoms with Crippen LogP contribution in [-0.2, 0) is 4.79 Å². The molecule has 0 heterocycles. The number of ketones is 1. The Bertz CT molecular complexity index is 172. The topological polar surface area (TPSA) is 17.1 Å². The summed E-state index contributed by atoms with van der Waals surface area (Å²) in [6.07, 6.45) is 7.03. The molecule has 1 heteroatoms. The first-order valence-electron chi connectivity index (χ1n) is 4.91. The highest BCUT2D eigenvalue weighted by atomic mass is 16.1. The zero-order valence-electron chi connectivity index (χ0n) is 7.88. The summed E-state index contributed by atoms with van der Waals surface area (Å²) < 4.78 is 0. The molecule has 0 aromatic carbocycles. The van der Waals surface area contributed by atoms with Crippen molar-refractivity contribution in [3.63, 3.8) is 0 Å². The van der Waals surface area contributed by atoms with Gasteiger partial charge in [0.2, 0.25) is 0 Å². The lowest BCUT2D eigenvalue weighted by atomic mass is 9.97. The Balaban J connectivity index is 2.35. The number of hydrogen-bond donors (Lipinski definition) is 0. The van der Waals surface area contributed by atoms with Crippen LogP contribution in [0.2, 0.25) is 0 Å². The smallest absolute Gasteiger partial charge is 0.139 e. The molecule has 1 nitrogen and oxygen atoms in total. The molecule has 0 aromatic rings. The summed E-state index contributed by atoms with van der Waals surface area (Å²) in [7, 11) is 0. The minimum absolute atomic E-state index is 0.355. The molecule has 68 valence electrons. The third-order valence-corrected chi connectivity index (χ3v) is 2.92. The van der Waals surface area contributed by atoms with E-state index in [-0.39, 0.29) is 0 Å². The second-order valence-corrected chi connectivity index (χ2v) is 3.74. The van der Waals surface area contributed by atoms with Gasteiger partial charge in [0, 0.05) is 12.3 Å². The average molecular weight is 166 g/mol. The first-order valence-corrected chi connectivity index (χ1v) is 4.91. The van der Waals surface area contributed by atoms with Crippen molar-refractivity contribution in [2.45, 2.75) is 39.0 Å². The van der Waals surface area contributed by atoms with Crippen molar-refractivity contribution >= 4 is 5.78 Å². The van der Waals surface area contributed by atoms with Gasteiger partial charge >= 0.3 is 0 Å². The lowest BCUT2D eigenvalue weighted by Gasteiger charge is -2.06. The third kappa shape index (κ3) is 2.20. The second kappa shape index (κ2) is 4.44. The average Bonchev–Trinajstić information content (AvgIpc) is 2.52. The van der Waals surface area contributed by atoms with Crippen LogP contribution in [0.5, 0.6) is 0 Å². The Morgan fingerprint density at radius 3 is 2.83 bits per heavy atom. The molecule has 2 atom stereocenters. The summed E-state index contributed by atoms with van der Waals surface area (Å²) in [5, 5.41) is 0. The van der Waals surface area contributed by atoms with Crippen LogP contribution in [0.4, 0.5) is 0 Å². The highest BCUT2D eigenvalue weighted by Crippen LogP contribution is 2.33. The summed E-state index contributed by atoms with van der Waals surface area (Å²) in [4.78, 5) is 11.4. The van der Waals surface area contributed by atoms with Gasteiger partial charge in [-0.25, -0.2) is 0 Å². The van der Waals surface area contributed by atoms with E-state index >= 15 is 0 Å². The first kappa shape index (κ1) is 9.50. The quantitative estimate of drug-likeness (QED) is 0.587. The van der Waals surface area contributed by atoms with Crippen molar-refractivity contribution in [1.82, 2.24) is 0 Å². The molecule has 0 spiro atoms. The molecule has 0 aromatic heterocycles. The summed E-state index contributed by atoms with van der Waals surface area (Å²) >= 11 is 0. The molecule has 1 saturated carbocycles. The molecule has 0 radical (unpaired) electrons. The van der Waals surface area contributed by atoms with Crippen molar-refractivity contribution in [2.24, 2.45) is 11.8 Å². The molecule has 0 amide bonds. The van der Waals surface area contributed by atoms with Gasteiger partial charge in [0.25, 0.3) is 0 Å². The van der Waals surface area contributed by atoms with Gasteiger partial charge in [0.15, 0.2) is 0 Å². The number of Topliss-reactive ketones (excluding diaryl/α,β-unsaturated/α-hetero) is 1.